The summed E-state index contributed by atoms with van der Waals surface area (Å²) in [5.41, 5.74) is 7.27. The second kappa shape index (κ2) is 7.39. The number of aromatic nitrogens is 3. The molecule has 8 nitrogen and oxygen atoms in total. The van der Waals surface area contributed by atoms with Crippen LogP contribution in [0.4, 0.5) is 15.9 Å². The molecule has 1 saturated carbocycles. The van der Waals surface area contributed by atoms with Crippen LogP contribution in [0.5, 0.6) is 0 Å². The zero-order valence-corrected chi connectivity index (χ0v) is 18.3. The van der Waals surface area contributed by atoms with Crippen LogP contribution in [0.15, 0.2) is 41.8 Å². The summed E-state index contributed by atoms with van der Waals surface area (Å²) >= 11 is 1.50. The minimum absolute atomic E-state index is 0.0838. The summed E-state index contributed by atoms with van der Waals surface area (Å²) in [7, 11) is 1.65. The Morgan fingerprint density at radius 3 is 2.97 bits per heavy atom. The van der Waals surface area contributed by atoms with E-state index < -0.39 is 11.5 Å². The standard InChI is InChI=1S/C22H20FN7OS/c1-21(16-7-22(16,11-31-2)32-20(25)30-21)15-6-14(10-28-18(15)23)29-19-17-13(3-4-26-19)5-12(8-24)9-27-17/h3-6,9-10,16H,7,11H2,1-2H3,(H2,25,30)(H,26,29)/t16-,21-,22+/m0/s1. The molecule has 0 saturated heterocycles. The molecule has 32 heavy (non-hydrogen) atoms. The lowest BCUT2D eigenvalue weighted by Crippen LogP contribution is -2.37. The van der Waals surface area contributed by atoms with Crippen LogP contribution in [0.25, 0.3) is 10.9 Å². The van der Waals surface area contributed by atoms with Crippen LogP contribution in [0.3, 0.4) is 0 Å². The Labute approximate surface area is 188 Å². The highest BCUT2D eigenvalue weighted by Gasteiger charge is 2.66. The first-order chi connectivity index (χ1) is 15.4. The molecule has 3 aromatic heterocycles. The fourth-order valence-corrected chi connectivity index (χ4v) is 6.00. The number of nitrogens with one attached hydrogen (secondary N) is 1. The number of rotatable bonds is 5. The van der Waals surface area contributed by atoms with E-state index >= 15 is 0 Å². The van der Waals surface area contributed by atoms with E-state index in [1.54, 1.807) is 31.5 Å². The summed E-state index contributed by atoms with van der Waals surface area (Å²) in [6.07, 6.45) is 5.36. The summed E-state index contributed by atoms with van der Waals surface area (Å²) in [4.78, 5) is 17.3. The predicted octanol–water partition coefficient (Wildman–Crippen LogP) is 3.46. The first-order valence-corrected chi connectivity index (χ1v) is 10.8. The molecule has 1 aliphatic carbocycles. The maximum atomic E-state index is 15.0. The minimum atomic E-state index is -0.852. The van der Waals surface area contributed by atoms with Crippen molar-refractivity contribution in [2.45, 2.75) is 23.6 Å². The number of anilines is 2. The molecular formula is C22H20FN7OS. The highest BCUT2D eigenvalue weighted by Crippen LogP contribution is 2.65. The van der Waals surface area contributed by atoms with E-state index in [2.05, 4.69) is 31.3 Å². The molecule has 4 heterocycles. The molecular weight excluding hydrogens is 429 g/mol. The average molecular weight is 450 g/mol. The molecule has 5 rings (SSSR count). The van der Waals surface area contributed by atoms with E-state index in [9.17, 15) is 4.39 Å². The molecule has 162 valence electrons. The number of halogens is 1. The number of nitrogens with zero attached hydrogens (tertiary/aromatic N) is 5. The van der Waals surface area contributed by atoms with Crippen LogP contribution >= 0.6 is 11.8 Å². The van der Waals surface area contributed by atoms with Crippen LogP contribution in [-0.2, 0) is 10.3 Å². The SMILES string of the molecule is COC[C@]12C[C@H]1[C@](C)(c1cc(Nc3nccc4cc(C#N)cnc34)cnc1F)N=C(N)S2. The van der Waals surface area contributed by atoms with E-state index in [-0.39, 0.29) is 10.7 Å². The van der Waals surface area contributed by atoms with E-state index in [0.717, 1.165) is 11.8 Å². The number of pyridine rings is 3. The Morgan fingerprint density at radius 2 is 2.19 bits per heavy atom. The van der Waals surface area contributed by atoms with Gasteiger partial charge in [0, 0.05) is 36.4 Å². The van der Waals surface area contributed by atoms with Gasteiger partial charge in [-0.3, -0.25) is 9.98 Å². The quantitative estimate of drug-likeness (QED) is 0.568. The third kappa shape index (κ3) is 3.25. The third-order valence-electron chi connectivity index (χ3n) is 6.12. The lowest BCUT2D eigenvalue weighted by molar-refractivity contribution is 0.184. The van der Waals surface area contributed by atoms with E-state index in [1.165, 1.54) is 24.2 Å². The van der Waals surface area contributed by atoms with Crippen molar-refractivity contribution in [2.24, 2.45) is 16.6 Å². The van der Waals surface area contributed by atoms with Crippen LogP contribution in [-0.4, -0.2) is 38.6 Å². The van der Waals surface area contributed by atoms with E-state index in [4.69, 9.17) is 15.7 Å². The van der Waals surface area contributed by atoms with Crippen LogP contribution in [0.1, 0.15) is 24.5 Å². The second-order valence-corrected chi connectivity index (χ2v) is 9.64. The molecule has 0 aromatic carbocycles. The van der Waals surface area contributed by atoms with Crippen molar-refractivity contribution in [3.05, 3.63) is 53.9 Å². The van der Waals surface area contributed by atoms with Gasteiger partial charge in [-0.1, -0.05) is 11.8 Å². The molecule has 2 aliphatic rings. The van der Waals surface area contributed by atoms with Crippen molar-refractivity contribution < 1.29 is 9.13 Å². The number of methoxy groups -OCH3 is 1. The lowest BCUT2D eigenvalue weighted by atomic mass is 9.86. The van der Waals surface area contributed by atoms with Crippen molar-refractivity contribution in [3.63, 3.8) is 0 Å². The molecule has 10 heteroatoms. The second-order valence-electron chi connectivity index (χ2n) is 8.21. The van der Waals surface area contributed by atoms with Crippen molar-refractivity contribution in [3.8, 4) is 6.07 Å². The van der Waals surface area contributed by atoms with Gasteiger partial charge in [-0.05, 0) is 31.5 Å². The van der Waals surface area contributed by atoms with Crippen molar-refractivity contribution in [1.82, 2.24) is 15.0 Å². The van der Waals surface area contributed by atoms with Crippen LogP contribution < -0.4 is 11.1 Å². The van der Waals surface area contributed by atoms with E-state index in [1.807, 2.05) is 6.92 Å². The van der Waals surface area contributed by atoms with Crippen LogP contribution in [0.2, 0.25) is 0 Å². The first kappa shape index (κ1) is 20.6. The van der Waals surface area contributed by atoms with Gasteiger partial charge in [-0.2, -0.15) is 9.65 Å². The third-order valence-corrected chi connectivity index (χ3v) is 7.39. The molecule has 0 amide bonds. The number of ether oxygens (including phenoxy) is 1. The Morgan fingerprint density at radius 1 is 1.34 bits per heavy atom. The fourth-order valence-electron chi connectivity index (χ4n) is 4.55. The zero-order chi connectivity index (χ0) is 22.5. The molecule has 3 atom stereocenters. The lowest BCUT2D eigenvalue weighted by Gasteiger charge is -2.33. The van der Waals surface area contributed by atoms with Crippen molar-refractivity contribution >= 4 is 39.3 Å². The number of hydrogen-bond donors (Lipinski definition) is 2. The van der Waals surface area contributed by atoms with E-state index in [0.29, 0.717) is 39.9 Å². The monoisotopic (exact) mass is 449 g/mol. The number of fused-ring (bicyclic) bond motifs is 2. The topological polar surface area (TPSA) is 122 Å². The molecule has 0 radical (unpaired) electrons. The summed E-state index contributed by atoms with van der Waals surface area (Å²) in [6, 6.07) is 7.30. The Balaban J connectivity index is 1.53. The smallest absolute Gasteiger partial charge is 0.218 e. The maximum absolute atomic E-state index is 15.0. The van der Waals surface area contributed by atoms with Gasteiger partial charge in [0.25, 0.3) is 0 Å². The van der Waals surface area contributed by atoms with Gasteiger partial charge in [0.1, 0.15) is 11.6 Å². The summed E-state index contributed by atoms with van der Waals surface area (Å²) in [5, 5.41) is 13.5. The number of aliphatic imine (C=N–C) groups is 1. The Hall–Kier alpha value is -3.29. The number of hydrogen-bond acceptors (Lipinski definition) is 9. The molecule has 1 aliphatic heterocycles. The first-order valence-electron chi connectivity index (χ1n) is 10.00. The van der Waals surface area contributed by atoms with Gasteiger partial charge >= 0.3 is 0 Å². The van der Waals surface area contributed by atoms with Gasteiger partial charge in [0.05, 0.1) is 34.3 Å². The molecule has 3 aromatic rings. The minimum Gasteiger partial charge on any atom is -0.383 e. The fraction of sp³-hybridized carbons (Fsp3) is 0.318. The molecule has 0 unspecified atom stereocenters. The largest absolute Gasteiger partial charge is 0.383 e. The normalized spacial score (nSPS) is 26.2. The average Bonchev–Trinajstić information content (AvgIpc) is 3.49. The van der Waals surface area contributed by atoms with Gasteiger partial charge in [-0.25, -0.2) is 9.97 Å². The molecule has 0 bridgehead atoms. The highest BCUT2D eigenvalue weighted by atomic mass is 32.2. The van der Waals surface area contributed by atoms with Gasteiger partial charge in [0.15, 0.2) is 11.0 Å². The summed E-state index contributed by atoms with van der Waals surface area (Å²) in [6.45, 7) is 2.42. The zero-order valence-electron chi connectivity index (χ0n) is 17.5. The summed E-state index contributed by atoms with van der Waals surface area (Å²) in [5.74, 6) is -0.0122. The maximum Gasteiger partial charge on any atom is 0.218 e. The number of thioether (sulfide) groups is 1. The van der Waals surface area contributed by atoms with Crippen molar-refractivity contribution in [1.29, 1.82) is 5.26 Å². The molecule has 3 N–H and O–H groups in total. The highest BCUT2D eigenvalue weighted by molar-refractivity contribution is 8.15. The van der Waals surface area contributed by atoms with Gasteiger partial charge in [0.2, 0.25) is 5.95 Å². The van der Waals surface area contributed by atoms with Crippen molar-refractivity contribution in [2.75, 3.05) is 19.0 Å². The summed E-state index contributed by atoms with van der Waals surface area (Å²) < 4.78 is 20.2. The molecule has 1 fully saturated rings. The number of nitriles is 1. The predicted molar refractivity (Wildman–Crippen MR) is 121 cm³/mol. The van der Waals surface area contributed by atoms with Gasteiger partial charge < -0.3 is 15.8 Å². The Kier molecular flexibility index (Phi) is 4.76. The van der Waals surface area contributed by atoms with Crippen LogP contribution in [0, 0.1) is 23.2 Å². The Bertz CT molecular complexity index is 1310. The van der Waals surface area contributed by atoms with Gasteiger partial charge in [-0.15, -0.1) is 0 Å². The molecule has 0 spiro atoms. The number of nitrogens with two attached hydrogens (primary N) is 1. The number of amidine groups is 1.